The molecule has 2 amide bonds. The van der Waals surface area contributed by atoms with Crippen LogP contribution >= 0.6 is 0 Å². The largest absolute Gasteiger partial charge is 0.368 e. The highest BCUT2D eigenvalue weighted by Gasteiger charge is 2.58. The van der Waals surface area contributed by atoms with Crippen molar-refractivity contribution in [2.75, 3.05) is 31.1 Å². The molecule has 1 N–H and O–H groups in total. The Bertz CT molecular complexity index is 701. The van der Waals surface area contributed by atoms with Crippen LogP contribution < -0.4 is 10.2 Å². The summed E-state index contributed by atoms with van der Waals surface area (Å²) in [7, 11) is 0. The van der Waals surface area contributed by atoms with E-state index in [4.69, 9.17) is 0 Å². The van der Waals surface area contributed by atoms with Gasteiger partial charge in [-0.25, -0.2) is 4.39 Å². The zero-order chi connectivity index (χ0) is 19.6. The molecule has 3 aliphatic rings. The highest BCUT2D eigenvalue weighted by atomic mass is 19.1. The number of anilines is 1. The summed E-state index contributed by atoms with van der Waals surface area (Å²) in [5.41, 5.74) is 0.158. The van der Waals surface area contributed by atoms with E-state index in [1.165, 1.54) is 25.0 Å². The molecule has 4 rings (SSSR count). The first kappa shape index (κ1) is 19.2. The molecule has 0 aromatic heterocycles. The van der Waals surface area contributed by atoms with Crippen molar-refractivity contribution in [3.63, 3.8) is 0 Å². The van der Waals surface area contributed by atoms with Gasteiger partial charge in [0.05, 0.1) is 0 Å². The van der Waals surface area contributed by atoms with Gasteiger partial charge in [0.25, 0.3) is 0 Å². The Labute approximate surface area is 166 Å². The molecule has 3 fully saturated rings. The smallest absolute Gasteiger partial charge is 0.238 e. The summed E-state index contributed by atoms with van der Waals surface area (Å²) in [5.74, 6) is -0.296. The molecule has 2 saturated carbocycles. The Morgan fingerprint density at radius 2 is 1.54 bits per heavy atom. The molecule has 1 heterocycles. The molecule has 0 radical (unpaired) electrons. The standard InChI is InChI=1S/C22H30FN3O2/c23-17-7-9-19(10-8-17)25-13-15-26(16-14-25)21(28)22(11-12-22)20(27)24-18-5-3-1-2-4-6-18/h7-10,18H,1-6,11-16H2,(H,24,27). The van der Waals surface area contributed by atoms with Gasteiger partial charge in [-0.1, -0.05) is 25.7 Å². The third-order valence-electron chi connectivity index (χ3n) is 6.54. The molecule has 1 aliphatic heterocycles. The van der Waals surface area contributed by atoms with Gasteiger partial charge < -0.3 is 15.1 Å². The van der Waals surface area contributed by atoms with Crippen LogP contribution in [-0.4, -0.2) is 48.9 Å². The number of hydrogen-bond donors (Lipinski definition) is 1. The monoisotopic (exact) mass is 387 g/mol. The van der Waals surface area contributed by atoms with Crippen molar-refractivity contribution in [1.82, 2.24) is 10.2 Å². The summed E-state index contributed by atoms with van der Waals surface area (Å²) in [6.45, 7) is 2.62. The molecule has 1 saturated heterocycles. The maximum absolute atomic E-state index is 13.1. The second kappa shape index (κ2) is 8.10. The van der Waals surface area contributed by atoms with Gasteiger partial charge in [-0.05, 0) is 49.9 Å². The van der Waals surface area contributed by atoms with E-state index < -0.39 is 5.41 Å². The van der Waals surface area contributed by atoms with Gasteiger partial charge in [0.1, 0.15) is 11.2 Å². The predicted octanol–water partition coefficient (Wildman–Crippen LogP) is 3.09. The van der Waals surface area contributed by atoms with Crippen LogP contribution in [0.25, 0.3) is 0 Å². The number of rotatable bonds is 4. The van der Waals surface area contributed by atoms with Crippen molar-refractivity contribution in [3.05, 3.63) is 30.1 Å². The average Bonchev–Trinajstić information content (AvgIpc) is 3.54. The van der Waals surface area contributed by atoms with E-state index >= 15 is 0 Å². The Morgan fingerprint density at radius 3 is 2.11 bits per heavy atom. The fourth-order valence-electron chi connectivity index (χ4n) is 4.53. The van der Waals surface area contributed by atoms with Crippen LogP contribution in [0.3, 0.4) is 0 Å². The van der Waals surface area contributed by atoms with E-state index in [0.717, 1.165) is 31.4 Å². The van der Waals surface area contributed by atoms with Gasteiger partial charge in [-0.2, -0.15) is 0 Å². The minimum Gasteiger partial charge on any atom is -0.368 e. The maximum Gasteiger partial charge on any atom is 0.238 e. The summed E-state index contributed by atoms with van der Waals surface area (Å²) in [5, 5.41) is 3.19. The van der Waals surface area contributed by atoms with Gasteiger partial charge in [-0.3, -0.25) is 9.59 Å². The van der Waals surface area contributed by atoms with Crippen LogP contribution in [0.2, 0.25) is 0 Å². The molecule has 28 heavy (non-hydrogen) atoms. The summed E-state index contributed by atoms with van der Waals surface area (Å²) >= 11 is 0. The lowest BCUT2D eigenvalue weighted by atomic mass is 10.0. The zero-order valence-electron chi connectivity index (χ0n) is 16.5. The lowest BCUT2D eigenvalue weighted by molar-refractivity contribution is -0.144. The lowest BCUT2D eigenvalue weighted by Gasteiger charge is -2.37. The Kier molecular flexibility index (Phi) is 5.56. The third-order valence-corrected chi connectivity index (χ3v) is 6.54. The second-order valence-corrected chi connectivity index (χ2v) is 8.50. The molecular weight excluding hydrogens is 357 g/mol. The molecule has 1 aromatic rings. The fraction of sp³-hybridized carbons (Fsp3) is 0.636. The van der Waals surface area contributed by atoms with Crippen molar-refractivity contribution in [3.8, 4) is 0 Å². The molecule has 6 heteroatoms. The number of nitrogens with zero attached hydrogens (tertiary/aromatic N) is 2. The maximum atomic E-state index is 13.1. The first-order valence-corrected chi connectivity index (χ1v) is 10.7. The number of piperazine rings is 1. The first-order chi connectivity index (χ1) is 13.6. The normalized spacial score (nSPS) is 22.5. The van der Waals surface area contributed by atoms with Crippen LogP contribution in [0, 0.1) is 11.2 Å². The first-order valence-electron chi connectivity index (χ1n) is 10.7. The summed E-state index contributed by atoms with van der Waals surface area (Å²) in [4.78, 5) is 30.0. The molecule has 152 valence electrons. The summed E-state index contributed by atoms with van der Waals surface area (Å²) < 4.78 is 13.1. The van der Waals surface area contributed by atoms with Crippen molar-refractivity contribution in [1.29, 1.82) is 0 Å². The number of carbonyl (C=O) groups is 2. The quantitative estimate of drug-likeness (QED) is 0.638. The van der Waals surface area contributed by atoms with E-state index in [1.807, 2.05) is 4.90 Å². The molecule has 0 bridgehead atoms. The number of hydrogen-bond acceptors (Lipinski definition) is 3. The van der Waals surface area contributed by atoms with Crippen LogP contribution in [0.1, 0.15) is 51.4 Å². The Hall–Kier alpha value is -2.11. The highest BCUT2D eigenvalue weighted by molar-refractivity contribution is 6.08. The van der Waals surface area contributed by atoms with Crippen molar-refractivity contribution >= 4 is 17.5 Å². The van der Waals surface area contributed by atoms with Crippen LogP contribution in [0.4, 0.5) is 10.1 Å². The van der Waals surface area contributed by atoms with Crippen molar-refractivity contribution < 1.29 is 14.0 Å². The van der Waals surface area contributed by atoms with Gasteiger partial charge in [0.15, 0.2) is 0 Å². The SMILES string of the molecule is O=C(NC1CCCCCC1)C1(C(=O)N2CCN(c3ccc(F)cc3)CC2)CC1. The third kappa shape index (κ3) is 4.01. The van der Waals surface area contributed by atoms with Crippen molar-refractivity contribution in [2.45, 2.75) is 57.4 Å². The zero-order valence-corrected chi connectivity index (χ0v) is 16.5. The van der Waals surface area contributed by atoms with E-state index in [9.17, 15) is 14.0 Å². The number of halogens is 1. The number of carbonyl (C=O) groups excluding carboxylic acids is 2. The van der Waals surface area contributed by atoms with Gasteiger partial charge in [-0.15, -0.1) is 0 Å². The Balaban J connectivity index is 1.32. The van der Waals surface area contributed by atoms with Gasteiger partial charge in [0.2, 0.25) is 11.8 Å². The van der Waals surface area contributed by atoms with Crippen LogP contribution in [-0.2, 0) is 9.59 Å². The fourth-order valence-corrected chi connectivity index (χ4v) is 4.53. The van der Waals surface area contributed by atoms with Crippen LogP contribution in [0.15, 0.2) is 24.3 Å². The number of amides is 2. The summed E-state index contributed by atoms with van der Waals surface area (Å²) in [6, 6.07) is 6.70. The lowest BCUT2D eigenvalue weighted by Crippen LogP contribution is -2.54. The van der Waals surface area contributed by atoms with E-state index in [-0.39, 0.29) is 23.7 Å². The van der Waals surface area contributed by atoms with Crippen molar-refractivity contribution in [2.24, 2.45) is 5.41 Å². The molecule has 5 nitrogen and oxygen atoms in total. The molecule has 0 spiro atoms. The van der Waals surface area contributed by atoms with Gasteiger partial charge >= 0.3 is 0 Å². The number of benzene rings is 1. The van der Waals surface area contributed by atoms with E-state index in [0.29, 0.717) is 39.0 Å². The molecule has 0 atom stereocenters. The van der Waals surface area contributed by atoms with E-state index in [2.05, 4.69) is 10.2 Å². The van der Waals surface area contributed by atoms with E-state index in [1.54, 1.807) is 12.1 Å². The molecule has 0 unspecified atom stereocenters. The predicted molar refractivity (Wildman–Crippen MR) is 106 cm³/mol. The molecular formula is C22H30FN3O2. The van der Waals surface area contributed by atoms with Crippen LogP contribution in [0.5, 0.6) is 0 Å². The topological polar surface area (TPSA) is 52.7 Å². The average molecular weight is 387 g/mol. The van der Waals surface area contributed by atoms with Gasteiger partial charge in [0, 0.05) is 37.9 Å². The second-order valence-electron chi connectivity index (χ2n) is 8.50. The highest BCUT2D eigenvalue weighted by Crippen LogP contribution is 2.48. The minimum atomic E-state index is -0.815. The Morgan fingerprint density at radius 1 is 0.929 bits per heavy atom. The number of nitrogens with one attached hydrogen (secondary N) is 1. The summed E-state index contributed by atoms with van der Waals surface area (Å²) in [6.07, 6.45) is 8.22. The molecule has 1 aromatic carbocycles. The minimum absolute atomic E-state index is 0.00243. The molecule has 2 aliphatic carbocycles.